The highest BCUT2D eigenvalue weighted by Gasteiger charge is 1.96. The zero-order chi connectivity index (χ0) is 8.49. The summed E-state index contributed by atoms with van der Waals surface area (Å²) in [5.41, 5.74) is 0. The standard InChI is InChI=1S/2C3H6S3/c2*1-4-2-6-3-5-1/h2*1-3H2. The molecule has 12 heavy (non-hydrogen) atoms. The summed E-state index contributed by atoms with van der Waals surface area (Å²) in [6.45, 7) is 0. The van der Waals surface area contributed by atoms with Crippen molar-refractivity contribution in [2.45, 2.75) is 0 Å². The van der Waals surface area contributed by atoms with Gasteiger partial charge in [0.15, 0.2) is 0 Å². The fourth-order valence-electron chi connectivity index (χ4n) is 0.558. The fraction of sp³-hybridized carbons (Fsp3) is 1.00. The topological polar surface area (TPSA) is 0 Å². The van der Waals surface area contributed by atoms with Crippen LogP contribution in [0.4, 0.5) is 0 Å². The van der Waals surface area contributed by atoms with Crippen LogP contribution in [0.3, 0.4) is 0 Å². The molecule has 0 nitrogen and oxygen atoms in total. The van der Waals surface area contributed by atoms with Gasteiger partial charge in [0.05, 0.1) is 0 Å². The van der Waals surface area contributed by atoms with Gasteiger partial charge < -0.3 is 0 Å². The Bertz CT molecular complexity index is 55.0. The molecule has 0 aliphatic carbocycles. The SMILES string of the molecule is C1SCSCS1.C1SCSCS1. The molecule has 0 bridgehead atoms. The second kappa shape index (κ2) is 9.65. The largest absolute Gasteiger partial charge is 0.140 e. The van der Waals surface area contributed by atoms with E-state index in [9.17, 15) is 0 Å². The molecule has 72 valence electrons. The molecule has 0 N–H and O–H groups in total. The third kappa shape index (κ3) is 7.50. The lowest BCUT2D eigenvalue weighted by Crippen LogP contribution is -1.82. The molecule has 2 saturated heterocycles. The van der Waals surface area contributed by atoms with E-state index in [1.165, 1.54) is 30.5 Å². The van der Waals surface area contributed by atoms with E-state index >= 15 is 0 Å². The summed E-state index contributed by atoms with van der Waals surface area (Å²) >= 11 is 12.1. The highest BCUT2D eigenvalue weighted by Crippen LogP contribution is 2.28. The van der Waals surface area contributed by atoms with Gasteiger partial charge >= 0.3 is 0 Å². The van der Waals surface area contributed by atoms with Gasteiger partial charge in [0, 0.05) is 30.5 Å². The molecule has 0 spiro atoms. The number of rotatable bonds is 0. The lowest BCUT2D eigenvalue weighted by molar-refractivity contribution is 2.03. The summed E-state index contributed by atoms with van der Waals surface area (Å²) in [4.78, 5) is 0. The van der Waals surface area contributed by atoms with Gasteiger partial charge in [0.1, 0.15) is 0 Å². The second-order valence-electron chi connectivity index (χ2n) is 1.93. The summed E-state index contributed by atoms with van der Waals surface area (Å²) in [6.07, 6.45) is 0. The second-order valence-corrected chi connectivity index (χ2v) is 10.0. The maximum Gasteiger partial charge on any atom is 0.0408 e. The lowest BCUT2D eigenvalue weighted by Gasteiger charge is -2.05. The van der Waals surface area contributed by atoms with E-state index in [1.54, 1.807) is 0 Å². The van der Waals surface area contributed by atoms with Crippen molar-refractivity contribution < 1.29 is 0 Å². The molecule has 2 aliphatic rings. The highest BCUT2D eigenvalue weighted by atomic mass is 32.3. The maximum atomic E-state index is 2.02. The first-order valence-corrected chi connectivity index (χ1v) is 10.4. The molecule has 0 aromatic carbocycles. The Balaban J connectivity index is 0.000000120. The Kier molecular flexibility index (Phi) is 9.78. The monoisotopic (exact) mass is 276 g/mol. The third-order valence-electron chi connectivity index (χ3n) is 1.00. The molecule has 6 heteroatoms. The molecule has 2 rings (SSSR count). The molecule has 0 aromatic rings. The maximum absolute atomic E-state index is 2.02. The minimum absolute atomic E-state index is 1.31. The van der Waals surface area contributed by atoms with Crippen LogP contribution in [-0.2, 0) is 0 Å². The van der Waals surface area contributed by atoms with Crippen molar-refractivity contribution in [1.82, 2.24) is 0 Å². The van der Waals surface area contributed by atoms with E-state index in [0.29, 0.717) is 0 Å². The van der Waals surface area contributed by atoms with Crippen molar-refractivity contribution in [3.8, 4) is 0 Å². The van der Waals surface area contributed by atoms with Crippen molar-refractivity contribution in [3.63, 3.8) is 0 Å². The van der Waals surface area contributed by atoms with Gasteiger partial charge in [-0.1, -0.05) is 0 Å². The van der Waals surface area contributed by atoms with Gasteiger partial charge in [-0.25, -0.2) is 0 Å². The third-order valence-corrected chi connectivity index (χ3v) is 9.00. The van der Waals surface area contributed by atoms with Crippen LogP contribution in [0.15, 0.2) is 0 Å². The predicted molar refractivity (Wildman–Crippen MR) is 74.7 cm³/mol. The van der Waals surface area contributed by atoms with Gasteiger partial charge in [0.25, 0.3) is 0 Å². The van der Waals surface area contributed by atoms with Crippen molar-refractivity contribution >= 4 is 70.6 Å². The fourth-order valence-corrected chi connectivity index (χ4v) is 8.69. The number of thioether (sulfide) groups is 6. The van der Waals surface area contributed by atoms with Crippen LogP contribution in [0.2, 0.25) is 0 Å². The smallest absolute Gasteiger partial charge is 0.0408 e. The molecule has 2 fully saturated rings. The molecular weight excluding hydrogens is 264 g/mol. The Labute approximate surface area is 100 Å². The predicted octanol–water partition coefficient (Wildman–Crippen LogP) is 4.14. The summed E-state index contributed by atoms with van der Waals surface area (Å²) in [5, 5.41) is 7.88. The Morgan fingerprint density at radius 2 is 0.500 bits per heavy atom. The van der Waals surface area contributed by atoms with E-state index in [1.807, 2.05) is 70.6 Å². The number of hydrogen-bond acceptors (Lipinski definition) is 6. The first-order chi connectivity index (χ1) is 6.00. The summed E-state index contributed by atoms with van der Waals surface area (Å²) in [5.74, 6) is 0. The molecule has 0 aromatic heterocycles. The van der Waals surface area contributed by atoms with Gasteiger partial charge in [0.2, 0.25) is 0 Å². The van der Waals surface area contributed by atoms with E-state index in [0.717, 1.165) is 0 Å². The van der Waals surface area contributed by atoms with Crippen LogP contribution in [0.5, 0.6) is 0 Å². The summed E-state index contributed by atoms with van der Waals surface area (Å²) in [6, 6.07) is 0. The minimum Gasteiger partial charge on any atom is -0.140 e. The van der Waals surface area contributed by atoms with Crippen LogP contribution >= 0.6 is 70.6 Å². The molecule has 0 unspecified atom stereocenters. The van der Waals surface area contributed by atoms with E-state index in [4.69, 9.17) is 0 Å². The highest BCUT2D eigenvalue weighted by molar-refractivity contribution is 8.32. The van der Waals surface area contributed by atoms with E-state index < -0.39 is 0 Å². The van der Waals surface area contributed by atoms with Crippen LogP contribution in [-0.4, -0.2) is 30.5 Å². The average molecular weight is 277 g/mol. The van der Waals surface area contributed by atoms with Gasteiger partial charge in [-0.2, -0.15) is 0 Å². The molecule has 2 aliphatic heterocycles. The molecule has 0 atom stereocenters. The molecule has 2 heterocycles. The van der Waals surface area contributed by atoms with Crippen LogP contribution in [0.1, 0.15) is 0 Å². The Morgan fingerprint density at radius 1 is 0.333 bits per heavy atom. The average Bonchev–Trinajstić information content (AvgIpc) is 2.24. The number of hydrogen-bond donors (Lipinski definition) is 0. The van der Waals surface area contributed by atoms with Crippen molar-refractivity contribution in [2.75, 3.05) is 30.5 Å². The van der Waals surface area contributed by atoms with Crippen molar-refractivity contribution in [1.29, 1.82) is 0 Å². The molecule has 0 amide bonds. The van der Waals surface area contributed by atoms with Crippen LogP contribution in [0, 0.1) is 0 Å². The zero-order valence-corrected chi connectivity index (χ0v) is 11.6. The Hall–Kier alpha value is 2.10. The normalized spacial score (nSPS) is 24.0. The molecular formula is C6H12S6. The van der Waals surface area contributed by atoms with Gasteiger partial charge in [-0.15, -0.1) is 70.6 Å². The lowest BCUT2D eigenvalue weighted by atomic mass is 11.8. The van der Waals surface area contributed by atoms with Gasteiger partial charge in [-0.3, -0.25) is 0 Å². The van der Waals surface area contributed by atoms with E-state index in [2.05, 4.69) is 0 Å². The van der Waals surface area contributed by atoms with Crippen molar-refractivity contribution in [2.24, 2.45) is 0 Å². The minimum atomic E-state index is 1.31. The first-order valence-electron chi connectivity index (χ1n) is 3.46. The Morgan fingerprint density at radius 3 is 0.583 bits per heavy atom. The zero-order valence-electron chi connectivity index (χ0n) is 6.69. The van der Waals surface area contributed by atoms with Crippen molar-refractivity contribution in [3.05, 3.63) is 0 Å². The first kappa shape index (κ1) is 12.2. The van der Waals surface area contributed by atoms with Crippen LogP contribution in [0.25, 0.3) is 0 Å². The quantitative estimate of drug-likeness (QED) is 0.647. The molecule has 0 saturated carbocycles. The van der Waals surface area contributed by atoms with Crippen LogP contribution < -0.4 is 0 Å². The van der Waals surface area contributed by atoms with Gasteiger partial charge in [-0.05, 0) is 0 Å². The van der Waals surface area contributed by atoms with E-state index in [-0.39, 0.29) is 0 Å². The summed E-state index contributed by atoms with van der Waals surface area (Å²) in [7, 11) is 0. The molecule has 0 radical (unpaired) electrons. The summed E-state index contributed by atoms with van der Waals surface area (Å²) < 4.78 is 0.